The number of carbonyl (C=O) groups excluding carboxylic acids is 1. The van der Waals surface area contributed by atoms with Crippen molar-refractivity contribution in [3.8, 4) is 0 Å². The van der Waals surface area contributed by atoms with E-state index in [0.29, 0.717) is 19.7 Å². The van der Waals surface area contributed by atoms with Crippen LogP contribution in [-0.2, 0) is 4.74 Å². The van der Waals surface area contributed by atoms with Gasteiger partial charge in [-0.05, 0) is 40.0 Å². The molecule has 0 unspecified atom stereocenters. The quantitative estimate of drug-likeness (QED) is 0.644. The molecule has 3 aromatic rings. The Balaban J connectivity index is 1.65. The van der Waals surface area contributed by atoms with Crippen LogP contribution in [0.3, 0.4) is 0 Å². The van der Waals surface area contributed by atoms with E-state index >= 15 is 0 Å². The highest BCUT2D eigenvalue weighted by atomic mass is 16.6. The van der Waals surface area contributed by atoms with E-state index in [1.807, 2.05) is 6.07 Å². The zero-order valence-electron chi connectivity index (χ0n) is 14.6. The molecule has 0 spiro atoms. The molecule has 1 amide bonds. The maximum atomic E-state index is 11.6. The Morgan fingerprint density at radius 2 is 1.69 bits per heavy atom. The van der Waals surface area contributed by atoms with Crippen LogP contribution in [-0.4, -0.2) is 30.7 Å². The zero-order chi connectivity index (χ0) is 17.8. The monoisotopic (exact) mass is 343 g/mol. The van der Waals surface area contributed by atoms with Crippen molar-refractivity contribution in [1.29, 1.82) is 0 Å². The van der Waals surface area contributed by atoms with E-state index in [1.54, 1.807) is 4.90 Å². The molecule has 0 aromatic heterocycles. The molecule has 3 heteroatoms. The summed E-state index contributed by atoms with van der Waals surface area (Å²) in [6.07, 6.45) is 2.82. The molecule has 0 bridgehead atoms. The number of hydrogen-bond acceptors (Lipinski definition) is 2. The minimum Gasteiger partial charge on any atom is -0.448 e. The molecule has 0 N–H and O–H groups in total. The molecule has 0 atom stereocenters. The van der Waals surface area contributed by atoms with Crippen molar-refractivity contribution in [2.45, 2.75) is 6.42 Å². The van der Waals surface area contributed by atoms with Gasteiger partial charge in [0.25, 0.3) is 0 Å². The van der Waals surface area contributed by atoms with Crippen molar-refractivity contribution >= 4 is 22.4 Å². The molecule has 0 aliphatic carbocycles. The molecule has 26 heavy (non-hydrogen) atoms. The van der Waals surface area contributed by atoms with Crippen LogP contribution >= 0.6 is 0 Å². The lowest BCUT2D eigenvalue weighted by Crippen LogP contribution is -2.24. The molecule has 1 aliphatic rings. The molecule has 130 valence electrons. The highest BCUT2D eigenvalue weighted by Gasteiger charge is 2.20. The second-order valence-electron chi connectivity index (χ2n) is 6.44. The highest BCUT2D eigenvalue weighted by molar-refractivity contribution is 5.89. The van der Waals surface area contributed by atoms with E-state index in [4.69, 9.17) is 4.74 Å². The SMILES string of the molecule is O=C1OCCN1CC/C=C(\c1ccccc1)c1ccc2ccccc2c1. The number of nitrogens with zero attached hydrogens (tertiary/aromatic N) is 1. The van der Waals surface area contributed by atoms with Gasteiger partial charge in [-0.2, -0.15) is 0 Å². The zero-order valence-corrected chi connectivity index (χ0v) is 14.6. The summed E-state index contributed by atoms with van der Waals surface area (Å²) < 4.78 is 5.01. The van der Waals surface area contributed by atoms with E-state index in [0.717, 1.165) is 6.42 Å². The molecule has 1 aliphatic heterocycles. The smallest absolute Gasteiger partial charge is 0.409 e. The molecular weight excluding hydrogens is 322 g/mol. The van der Waals surface area contributed by atoms with Crippen LogP contribution in [0.2, 0.25) is 0 Å². The third-order valence-corrected chi connectivity index (χ3v) is 4.74. The molecule has 4 rings (SSSR count). The average Bonchev–Trinajstić information content (AvgIpc) is 3.10. The maximum absolute atomic E-state index is 11.6. The van der Waals surface area contributed by atoms with Crippen LogP contribution in [0.25, 0.3) is 16.3 Å². The molecule has 0 saturated carbocycles. The van der Waals surface area contributed by atoms with E-state index in [9.17, 15) is 4.79 Å². The first-order chi connectivity index (χ1) is 12.8. The first-order valence-corrected chi connectivity index (χ1v) is 8.98. The van der Waals surface area contributed by atoms with Gasteiger partial charge in [0.1, 0.15) is 6.61 Å². The summed E-state index contributed by atoms with van der Waals surface area (Å²) in [6.45, 7) is 1.87. The molecular formula is C23H21NO2. The van der Waals surface area contributed by atoms with Crippen LogP contribution in [0.5, 0.6) is 0 Å². The Hall–Kier alpha value is -3.07. The normalized spacial score (nSPS) is 14.7. The van der Waals surface area contributed by atoms with Gasteiger partial charge in [0.15, 0.2) is 0 Å². The molecule has 1 saturated heterocycles. The third kappa shape index (κ3) is 3.47. The van der Waals surface area contributed by atoms with Crippen molar-refractivity contribution in [3.05, 3.63) is 90.0 Å². The van der Waals surface area contributed by atoms with Gasteiger partial charge in [-0.3, -0.25) is 0 Å². The Bertz CT molecular complexity index is 947. The number of cyclic esters (lactones) is 1. The van der Waals surface area contributed by atoms with Gasteiger partial charge in [-0.1, -0.05) is 72.8 Å². The number of amides is 1. The number of hydrogen-bond donors (Lipinski definition) is 0. The molecule has 1 heterocycles. The Labute approximate surface area is 153 Å². The molecule has 3 nitrogen and oxygen atoms in total. The predicted octanol–water partition coefficient (Wildman–Crippen LogP) is 5.11. The van der Waals surface area contributed by atoms with Crippen LogP contribution in [0, 0.1) is 0 Å². The lowest BCUT2D eigenvalue weighted by molar-refractivity contribution is 0.159. The lowest BCUT2D eigenvalue weighted by Gasteiger charge is -2.13. The lowest BCUT2D eigenvalue weighted by atomic mass is 9.95. The second-order valence-corrected chi connectivity index (χ2v) is 6.44. The minimum absolute atomic E-state index is 0.203. The van der Waals surface area contributed by atoms with Gasteiger partial charge in [-0.15, -0.1) is 0 Å². The van der Waals surface area contributed by atoms with E-state index in [-0.39, 0.29) is 6.09 Å². The summed E-state index contributed by atoms with van der Waals surface area (Å²) in [4.78, 5) is 13.4. The fraction of sp³-hybridized carbons (Fsp3) is 0.174. The largest absolute Gasteiger partial charge is 0.448 e. The van der Waals surface area contributed by atoms with Gasteiger partial charge < -0.3 is 9.64 Å². The first kappa shape index (κ1) is 16.4. The summed E-state index contributed by atoms with van der Waals surface area (Å²) >= 11 is 0. The van der Waals surface area contributed by atoms with Crippen molar-refractivity contribution in [3.63, 3.8) is 0 Å². The second kappa shape index (κ2) is 7.44. The fourth-order valence-electron chi connectivity index (χ4n) is 3.37. The number of fused-ring (bicyclic) bond motifs is 1. The topological polar surface area (TPSA) is 29.5 Å². The third-order valence-electron chi connectivity index (χ3n) is 4.74. The maximum Gasteiger partial charge on any atom is 0.409 e. The molecule has 0 radical (unpaired) electrons. The summed E-state index contributed by atoms with van der Waals surface area (Å²) in [5.74, 6) is 0. The Kier molecular flexibility index (Phi) is 4.69. The van der Waals surface area contributed by atoms with Gasteiger partial charge in [0.05, 0.1) is 6.54 Å². The van der Waals surface area contributed by atoms with Gasteiger partial charge in [-0.25, -0.2) is 4.79 Å². The van der Waals surface area contributed by atoms with Crippen molar-refractivity contribution in [2.24, 2.45) is 0 Å². The average molecular weight is 343 g/mol. The van der Waals surface area contributed by atoms with E-state index in [1.165, 1.54) is 27.5 Å². The van der Waals surface area contributed by atoms with Gasteiger partial charge in [0.2, 0.25) is 0 Å². The van der Waals surface area contributed by atoms with Gasteiger partial charge in [0, 0.05) is 6.54 Å². The predicted molar refractivity (Wildman–Crippen MR) is 105 cm³/mol. The summed E-state index contributed by atoms with van der Waals surface area (Å²) in [6, 6.07) is 25.4. The van der Waals surface area contributed by atoms with Gasteiger partial charge >= 0.3 is 6.09 Å². The first-order valence-electron chi connectivity index (χ1n) is 8.98. The standard InChI is InChI=1S/C23H21NO2/c25-23-24(15-16-26-23)14-6-11-22(19-8-2-1-3-9-19)21-13-12-18-7-4-5-10-20(18)17-21/h1-5,7-13,17H,6,14-16H2/b22-11+. The van der Waals surface area contributed by atoms with Crippen LogP contribution < -0.4 is 0 Å². The van der Waals surface area contributed by atoms with E-state index in [2.05, 4.69) is 72.8 Å². The number of carbonyl (C=O) groups is 1. The Morgan fingerprint density at radius 1 is 0.923 bits per heavy atom. The number of ether oxygens (including phenoxy) is 1. The molecule has 3 aromatic carbocycles. The minimum atomic E-state index is -0.203. The van der Waals surface area contributed by atoms with E-state index < -0.39 is 0 Å². The van der Waals surface area contributed by atoms with Crippen LogP contribution in [0.15, 0.2) is 78.9 Å². The number of benzene rings is 3. The van der Waals surface area contributed by atoms with Crippen LogP contribution in [0.1, 0.15) is 17.5 Å². The highest BCUT2D eigenvalue weighted by Crippen LogP contribution is 2.27. The van der Waals surface area contributed by atoms with Crippen molar-refractivity contribution < 1.29 is 9.53 Å². The summed E-state index contributed by atoms with van der Waals surface area (Å²) in [7, 11) is 0. The molecule has 1 fully saturated rings. The van der Waals surface area contributed by atoms with Crippen molar-refractivity contribution in [2.75, 3.05) is 19.7 Å². The number of rotatable bonds is 5. The summed E-state index contributed by atoms with van der Waals surface area (Å²) in [5.41, 5.74) is 3.58. The Morgan fingerprint density at radius 3 is 2.46 bits per heavy atom. The van der Waals surface area contributed by atoms with Crippen molar-refractivity contribution in [1.82, 2.24) is 4.90 Å². The van der Waals surface area contributed by atoms with Crippen LogP contribution in [0.4, 0.5) is 4.79 Å². The summed E-state index contributed by atoms with van der Waals surface area (Å²) in [5, 5.41) is 2.47. The fourth-order valence-corrected chi connectivity index (χ4v) is 3.37.